The van der Waals surface area contributed by atoms with Gasteiger partial charge in [-0.15, -0.1) is 0 Å². The summed E-state index contributed by atoms with van der Waals surface area (Å²) in [6.07, 6.45) is -8.42. The number of rotatable bonds is 6. The molecular weight excluding hydrogens is 778 g/mol. The van der Waals surface area contributed by atoms with Crippen LogP contribution in [-0.4, -0.2) is 48.8 Å². The van der Waals surface area contributed by atoms with E-state index >= 15 is 0 Å². The Morgan fingerprint density at radius 1 is 1.00 bits per heavy atom. The Hall–Kier alpha value is -0.480. The standard InChI is InChI=1S/C14H12F3I3N2O7S/c1-4(23)21-11-8(18)7(9(19)12(10(11)20)22-5(2)24)13(25)29-6(14(15,16)17)3-30(26,27)28/h6H,3H2,1-2H3,(H,21,23)(H,22,24)(H,26,27,28). The molecular formula is C14H12F3I3N2O7S. The van der Waals surface area contributed by atoms with Gasteiger partial charge in [0.15, 0.2) is 0 Å². The largest absolute Gasteiger partial charge is 0.448 e. The fourth-order valence-corrected chi connectivity index (χ4v) is 6.78. The molecule has 0 fully saturated rings. The van der Waals surface area contributed by atoms with Crippen LogP contribution < -0.4 is 10.6 Å². The minimum Gasteiger partial charge on any atom is -0.448 e. The average molecular weight is 790 g/mol. The number of carbonyl (C=O) groups excluding carboxylic acids is 3. The van der Waals surface area contributed by atoms with Crippen molar-refractivity contribution in [2.45, 2.75) is 26.1 Å². The molecule has 1 atom stereocenters. The molecule has 0 aliphatic heterocycles. The predicted octanol–water partition coefficient (Wildman–Crippen LogP) is 3.39. The van der Waals surface area contributed by atoms with Gasteiger partial charge in [-0.2, -0.15) is 21.6 Å². The van der Waals surface area contributed by atoms with Crippen molar-refractivity contribution in [2.75, 3.05) is 16.4 Å². The summed E-state index contributed by atoms with van der Waals surface area (Å²) in [5, 5.41) is 4.85. The van der Waals surface area contributed by atoms with E-state index in [-0.39, 0.29) is 18.5 Å². The van der Waals surface area contributed by atoms with Gasteiger partial charge in [0.1, 0.15) is 5.75 Å². The number of hydrogen-bond donors (Lipinski definition) is 3. The van der Waals surface area contributed by atoms with Crippen LogP contribution in [0.4, 0.5) is 24.5 Å². The van der Waals surface area contributed by atoms with Gasteiger partial charge in [-0.05, 0) is 67.8 Å². The first-order valence-corrected chi connectivity index (χ1v) is 12.3. The second kappa shape index (κ2) is 10.4. The monoisotopic (exact) mass is 790 g/mol. The Labute approximate surface area is 209 Å². The smallest absolute Gasteiger partial charge is 0.426 e. The number of halogens is 6. The van der Waals surface area contributed by atoms with Crippen LogP contribution in [-0.2, 0) is 24.4 Å². The molecule has 16 heteroatoms. The number of esters is 1. The molecule has 0 aromatic heterocycles. The topological polar surface area (TPSA) is 139 Å². The van der Waals surface area contributed by atoms with Crippen molar-refractivity contribution < 1.29 is 45.3 Å². The van der Waals surface area contributed by atoms with Gasteiger partial charge < -0.3 is 15.4 Å². The molecule has 0 aliphatic carbocycles. The van der Waals surface area contributed by atoms with E-state index in [0.29, 0.717) is 3.57 Å². The second-order valence-corrected chi connectivity index (χ2v) is 10.3. The van der Waals surface area contributed by atoms with Crippen molar-refractivity contribution in [1.29, 1.82) is 0 Å². The summed E-state index contributed by atoms with van der Waals surface area (Å²) in [5.74, 6) is -4.57. The van der Waals surface area contributed by atoms with E-state index in [4.69, 9.17) is 4.55 Å². The molecule has 2 amide bonds. The van der Waals surface area contributed by atoms with Crippen molar-refractivity contribution in [3.8, 4) is 0 Å². The Bertz CT molecular complexity index is 956. The lowest BCUT2D eigenvalue weighted by atomic mass is 10.1. The minimum absolute atomic E-state index is 0.00322. The molecule has 1 unspecified atom stereocenters. The first-order chi connectivity index (χ1) is 13.5. The van der Waals surface area contributed by atoms with Crippen LogP contribution in [0.3, 0.4) is 0 Å². The molecule has 0 aliphatic rings. The van der Waals surface area contributed by atoms with E-state index in [0.717, 1.165) is 13.8 Å². The molecule has 0 bridgehead atoms. The number of hydrogen-bond acceptors (Lipinski definition) is 6. The molecule has 0 saturated heterocycles. The number of ether oxygens (including phenoxy) is 1. The van der Waals surface area contributed by atoms with Gasteiger partial charge in [-0.3, -0.25) is 14.1 Å². The summed E-state index contributed by atoms with van der Waals surface area (Å²) in [6.45, 7) is 2.32. The average Bonchev–Trinajstić information content (AvgIpc) is 2.52. The van der Waals surface area contributed by atoms with Crippen LogP contribution in [0.25, 0.3) is 0 Å². The third kappa shape index (κ3) is 7.58. The van der Waals surface area contributed by atoms with E-state index in [2.05, 4.69) is 15.4 Å². The normalized spacial score (nSPS) is 12.8. The molecule has 30 heavy (non-hydrogen) atoms. The van der Waals surface area contributed by atoms with Gasteiger partial charge in [0.05, 0.1) is 27.6 Å². The number of carbonyl (C=O) groups is 3. The highest BCUT2D eigenvalue weighted by Gasteiger charge is 2.46. The Kier molecular flexibility index (Phi) is 9.57. The number of alkyl halides is 3. The van der Waals surface area contributed by atoms with Crippen LogP contribution in [0.2, 0.25) is 0 Å². The summed E-state index contributed by atoms with van der Waals surface area (Å²) in [4.78, 5) is 35.6. The van der Waals surface area contributed by atoms with E-state index in [1.165, 1.54) is 0 Å². The van der Waals surface area contributed by atoms with E-state index in [9.17, 15) is 36.0 Å². The molecule has 0 saturated carbocycles. The van der Waals surface area contributed by atoms with Crippen LogP contribution in [0, 0.1) is 10.7 Å². The molecule has 1 rings (SSSR count). The lowest BCUT2D eigenvalue weighted by molar-refractivity contribution is -0.197. The molecule has 1 aromatic rings. The van der Waals surface area contributed by atoms with Gasteiger partial charge in [0.2, 0.25) is 17.9 Å². The fraction of sp³-hybridized carbons (Fsp3) is 0.357. The zero-order chi connectivity index (χ0) is 23.6. The second-order valence-electron chi connectivity index (χ2n) is 5.61. The number of nitrogens with one attached hydrogen (secondary N) is 2. The Balaban J connectivity index is 3.62. The molecule has 9 nitrogen and oxygen atoms in total. The quantitative estimate of drug-likeness (QED) is 0.228. The zero-order valence-electron chi connectivity index (χ0n) is 14.9. The first-order valence-electron chi connectivity index (χ1n) is 7.44. The van der Waals surface area contributed by atoms with E-state index < -0.39 is 51.5 Å². The van der Waals surface area contributed by atoms with Crippen molar-refractivity contribution in [3.05, 3.63) is 16.3 Å². The van der Waals surface area contributed by atoms with Gasteiger partial charge in [0.25, 0.3) is 10.1 Å². The van der Waals surface area contributed by atoms with Crippen molar-refractivity contribution in [1.82, 2.24) is 0 Å². The third-order valence-electron chi connectivity index (χ3n) is 3.10. The van der Waals surface area contributed by atoms with Gasteiger partial charge in [-0.25, -0.2) is 4.79 Å². The minimum atomic E-state index is -5.29. The van der Waals surface area contributed by atoms with Crippen molar-refractivity contribution in [3.63, 3.8) is 0 Å². The molecule has 0 radical (unpaired) electrons. The Morgan fingerprint density at radius 2 is 1.40 bits per heavy atom. The highest BCUT2D eigenvalue weighted by Crippen LogP contribution is 2.39. The summed E-state index contributed by atoms with van der Waals surface area (Å²) >= 11 is 4.97. The van der Waals surface area contributed by atoms with Crippen LogP contribution in [0.5, 0.6) is 0 Å². The maximum absolute atomic E-state index is 13.1. The SMILES string of the molecule is CC(=O)Nc1c(I)c(NC(C)=O)c(I)c(C(=O)OC(CS(=O)(=O)O)C(F)(F)F)c1I. The van der Waals surface area contributed by atoms with Crippen LogP contribution in [0.15, 0.2) is 0 Å². The maximum atomic E-state index is 13.1. The van der Waals surface area contributed by atoms with E-state index in [1.54, 1.807) is 67.8 Å². The van der Waals surface area contributed by atoms with Crippen LogP contribution >= 0.6 is 67.8 Å². The van der Waals surface area contributed by atoms with Gasteiger partial charge in [-0.1, -0.05) is 0 Å². The predicted molar refractivity (Wildman–Crippen MR) is 125 cm³/mol. The van der Waals surface area contributed by atoms with Crippen molar-refractivity contribution >= 4 is 107 Å². The number of anilines is 2. The summed E-state index contributed by atoms with van der Waals surface area (Å²) < 4.78 is 74.6. The molecule has 3 N–H and O–H groups in total. The van der Waals surface area contributed by atoms with Gasteiger partial charge >= 0.3 is 12.1 Å². The number of benzene rings is 1. The summed E-state index contributed by atoms with van der Waals surface area (Å²) in [6, 6.07) is 0. The summed E-state index contributed by atoms with van der Waals surface area (Å²) in [5.41, 5.74) is -0.356. The van der Waals surface area contributed by atoms with E-state index in [1.807, 2.05) is 0 Å². The van der Waals surface area contributed by atoms with Crippen LogP contribution in [0.1, 0.15) is 24.2 Å². The first kappa shape index (κ1) is 27.6. The highest BCUT2D eigenvalue weighted by atomic mass is 127. The highest BCUT2D eigenvalue weighted by molar-refractivity contribution is 14.1. The number of amides is 2. The third-order valence-corrected chi connectivity index (χ3v) is 7.06. The zero-order valence-corrected chi connectivity index (χ0v) is 22.1. The molecule has 1 aromatic carbocycles. The van der Waals surface area contributed by atoms with Gasteiger partial charge in [0, 0.05) is 13.8 Å². The molecule has 0 heterocycles. The maximum Gasteiger partial charge on any atom is 0.426 e. The lowest BCUT2D eigenvalue weighted by Crippen LogP contribution is -2.39. The van der Waals surface area contributed by atoms with Crippen molar-refractivity contribution in [2.24, 2.45) is 0 Å². The lowest BCUT2D eigenvalue weighted by Gasteiger charge is -2.22. The molecule has 168 valence electrons. The molecule has 0 spiro atoms. The Morgan fingerprint density at radius 3 is 1.70 bits per heavy atom. The summed E-state index contributed by atoms with van der Waals surface area (Å²) in [7, 11) is -5.13. The fourth-order valence-electron chi connectivity index (χ4n) is 1.99.